The van der Waals surface area contributed by atoms with E-state index in [4.69, 9.17) is 19.0 Å². The molecule has 1 N–H and O–H groups in total. The van der Waals surface area contributed by atoms with Crippen LogP contribution in [-0.2, 0) is 19.0 Å². The van der Waals surface area contributed by atoms with Crippen molar-refractivity contribution in [2.24, 2.45) is 4.99 Å². The first-order valence-electron chi connectivity index (χ1n) is 7.85. The van der Waals surface area contributed by atoms with E-state index in [1.807, 2.05) is 0 Å². The number of methoxy groups -OCH3 is 1. The Bertz CT molecular complexity index is 545. The summed E-state index contributed by atoms with van der Waals surface area (Å²) in [5.41, 5.74) is -1.44. The van der Waals surface area contributed by atoms with Crippen molar-refractivity contribution < 1.29 is 28.6 Å². The first-order valence-corrected chi connectivity index (χ1v) is 7.85. The third-order valence-electron chi connectivity index (χ3n) is 2.47. The van der Waals surface area contributed by atoms with E-state index in [-0.39, 0.29) is 12.5 Å². The van der Waals surface area contributed by atoms with Gasteiger partial charge in [0.15, 0.2) is 0 Å². The largest absolute Gasteiger partial charge is 0.444 e. The van der Waals surface area contributed by atoms with Crippen molar-refractivity contribution in [3.05, 3.63) is 12.2 Å². The Labute approximate surface area is 147 Å². The van der Waals surface area contributed by atoms with Gasteiger partial charge in [0.25, 0.3) is 0 Å². The molecule has 0 radical (unpaired) electrons. The number of aliphatic imine (C=N–C) groups is 1. The van der Waals surface area contributed by atoms with Crippen molar-refractivity contribution in [1.29, 1.82) is 0 Å². The van der Waals surface area contributed by atoms with Crippen LogP contribution in [0.1, 0.15) is 41.5 Å². The Morgan fingerprint density at radius 2 is 1.76 bits per heavy atom. The van der Waals surface area contributed by atoms with Gasteiger partial charge in [0.1, 0.15) is 11.2 Å². The Morgan fingerprint density at radius 3 is 2.28 bits per heavy atom. The highest BCUT2D eigenvalue weighted by molar-refractivity contribution is 5.98. The first kappa shape index (κ1) is 20.9. The summed E-state index contributed by atoms with van der Waals surface area (Å²) in [4.78, 5) is 33.3. The minimum Gasteiger partial charge on any atom is -0.444 e. The van der Waals surface area contributed by atoms with Gasteiger partial charge in [-0.15, -0.1) is 4.99 Å². The number of carbonyl (C=O) groups is 2. The molecule has 0 aromatic carbocycles. The van der Waals surface area contributed by atoms with E-state index in [2.05, 4.69) is 10.3 Å². The number of guanidine groups is 1. The maximum atomic E-state index is 12.0. The fraction of sp³-hybridized carbons (Fsp3) is 0.688. The molecule has 142 valence electrons. The van der Waals surface area contributed by atoms with Crippen LogP contribution in [0.2, 0.25) is 0 Å². The van der Waals surface area contributed by atoms with E-state index in [0.717, 1.165) is 0 Å². The smallest absolute Gasteiger partial charge is 0.437 e. The predicted molar refractivity (Wildman–Crippen MR) is 90.8 cm³/mol. The van der Waals surface area contributed by atoms with Crippen LogP contribution in [0.15, 0.2) is 17.1 Å². The molecular weight excluding hydrogens is 330 g/mol. The molecule has 0 bridgehead atoms. The average molecular weight is 357 g/mol. The summed E-state index contributed by atoms with van der Waals surface area (Å²) in [5, 5.41) is 3.61. The summed E-state index contributed by atoms with van der Waals surface area (Å²) in [6.07, 6.45) is 1.12. The van der Waals surface area contributed by atoms with E-state index in [0.29, 0.717) is 0 Å². The molecule has 1 rings (SSSR count). The van der Waals surface area contributed by atoms with Gasteiger partial charge in [0, 0.05) is 7.11 Å². The maximum absolute atomic E-state index is 12.0. The highest BCUT2D eigenvalue weighted by Gasteiger charge is 2.26. The van der Waals surface area contributed by atoms with Crippen molar-refractivity contribution >= 4 is 18.1 Å². The predicted octanol–water partition coefficient (Wildman–Crippen LogP) is 2.58. The van der Waals surface area contributed by atoms with Gasteiger partial charge < -0.3 is 14.2 Å². The third kappa shape index (κ3) is 8.50. The lowest BCUT2D eigenvalue weighted by Crippen LogP contribution is -2.49. The molecule has 0 saturated carbocycles. The maximum Gasteiger partial charge on any atom is 0.437 e. The zero-order valence-electron chi connectivity index (χ0n) is 15.8. The summed E-state index contributed by atoms with van der Waals surface area (Å²) in [6.45, 7) is 10.5. The normalized spacial score (nSPS) is 18.8. The van der Waals surface area contributed by atoms with Crippen molar-refractivity contribution in [1.82, 2.24) is 10.4 Å². The van der Waals surface area contributed by atoms with E-state index in [1.165, 1.54) is 12.2 Å². The first-order chi connectivity index (χ1) is 11.4. The Kier molecular flexibility index (Phi) is 6.95. The summed E-state index contributed by atoms with van der Waals surface area (Å²) >= 11 is 0. The zero-order valence-corrected chi connectivity index (χ0v) is 15.8. The number of alkyl carbamates (subject to hydrolysis) is 1. The molecule has 0 saturated heterocycles. The summed E-state index contributed by atoms with van der Waals surface area (Å²) < 4.78 is 15.4. The second-order valence-corrected chi connectivity index (χ2v) is 7.24. The lowest BCUT2D eigenvalue weighted by molar-refractivity contribution is -0.220. The molecule has 1 atom stereocenters. The van der Waals surface area contributed by atoms with Crippen LogP contribution < -0.4 is 5.32 Å². The molecule has 1 heterocycles. The summed E-state index contributed by atoms with van der Waals surface area (Å²) in [6, 6.07) is 0. The van der Waals surface area contributed by atoms with Crippen molar-refractivity contribution in [2.45, 2.75) is 59.0 Å². The van der Waals surface area contributed by atoms with Crippen molar-refractivity contribution in [3.8, 4) is 0 Å². The molecule has 25 heavy (non-hydrogen) atoms. The highest BCUT2D eigenvalue weighted by atomic mass is 16.8. The van der Waals surface area contributed by atoms with Crippen LogP contribution in [0.5, 0.6) is 0 Å². The van der Waals surface area contributed by atoms with Gasteiger partial charge in [-0.05, 0) is 47.6 Å². The van der Waals surface area contributed by atoms with Crippen LogP contribution in [0.4, 0.5) is 9.59 Å². The minimum atomic E-state index is -0.870. The van der Waals surface area contributed by atoms with Gasteiger partial charge in [-0.2, -0.15) is 0 Å². The quantitative estimate of drug-likeness (QED) is 0.437. The van der Waals surface area contributed by atoms with Crippen LogP contribution >= 0.6 is 0 Å². The number of nitrogens with zero attached hydrogens (tertiary/aromatic N) is 2. The SMILES string of the molecule is COC1C=CCN(/C(=N\C(=O)OC(C)(C)C)NC(=O)OC(C)(C)C)O1. The second-order valence-electron chi connectivity index (χ2n) is 7.24. The molecule has 9 nitrogen and oxygen atoms in total. The van der Waals surface area contributed by atoms with Crippen LogP contribution in [0, 0.1) is 0 Å². The number of carbonyl (C=O) groups excluding carboxylic acids is 2. The molecule has 0 aliphatic carbocycles. The third-order valence-corrected chi connectivity index (χ3v) is 2.47. The average Bonchev–Trinajstić information content (AvgIpc) is 2.42. The summed E-state index contributed by atoms with van der Waals surface area (Å²) in [5.74, 6) is -0.157. The Morgan fingerprint density at radius 1 is 1.16 bits per heavy atom. The highest BCUT2D eigenvalue weighted by Crippen LogP contribution is 2.12. The van der Waals surface area contributed by atoms with Gasteiger partial charge in [-0.1, -0.05) is 6.08 Å². The topological polar surface area (TPSA) is 98.7 Å². The molecule has 0 aromatic rings. The second kappa shape index (κ2) is 8.30. The Balaban J connectivity index is 2.95. The molecule has 1 unspecified atom stereocenters. The molecule has 1 aliphatic heterocycles. The molecule has 0 spiro atoms. The van der Waals surface area contributed by atoms with E-state index in [9.17, 15) is 9.59 Å². The fourth-order valence-electron chi connectivity index (χ4n) is 1.64. The molecule has 0 aromatic heterocycles. The van der Waals surface area contributed by atoms with Gasteiger partial charge in [0.05, 0.1) is 6.54 Å². The molecule has 1 aliphatic rings. The number of hydroxylamine groups is 2. The number of hydrogen-bond acceptors (Lipinski definition) is 6. The van der Waals surface area contributed by atoms with Crippen molar-refractivity contribution in [3.63, 3.8) is 0 Å². The lowest BCUT2D eigenvalue weighted by atomic mass is 10.2. The molecule has 2 amide bonds. The van der Waals surface area contributed by atoms with Gasteiger partial charge in [-0.25, -0.2) is 19.5 Å². The molecule has 0 fully saturated rings. The van der Waals surface area contributed by atoms with E-state index < -0.39 is 29.7 Å². The number of nitrogens with one attached hydrogen (secondary N) is 1. The van der Waals surface area contributed by atoms with Crippen molar-refractivity contribution in [2.75, 3.05) is 13.7 Å². The van der Waals surface area contributed by atoms with Gasteiger partial charge in [-0.3, -0.25) is 5.32 Å². The summed E-state index contributed by atoms with van der Waals surface area (Å²) in [7, 11) is 1.46. The van der Waals surface area contributed by atoms with Crippen LogP contribution in [0.3, 0.4) is 0 Å². The minimum absolute atomic E-state index is 0.157. The van der Waals surface area contributed by atoms with E-state index >= 15 is 0 Å². The Hall–Kier alpha value is -2.13. The number of hydrogen-bond donors (Lipinski definition) is 1. The number of rotatable bonds is 1. The lowest BCUT2D eigenvalue weighted by Gasteiger charge is -2.30. The monoisotopic (exact) mass is 357 g/mol. The van der Waals surface area contributed by atoms with E-state index in [1.54, 1.807) is 53.7 Å². The standard InChI is InChI=1S/C16H27N3O6/c1-15(2,3)23-13(20)17-12(18-14(21)24-16(4,5)6)19-10-8-9-11(22-7)25-19/h8-9,11H,10H2,1-7H3,(H,17,18,20,21). The van der Waals surface area contributed by atoms with Gasteiger partial charge >= 0.3 is 12.2 Å². The van der Waals surface area contributed by atoms with Gasteiger partial charge in [0.2, 0.25) is 12.2 Å². The zero-order chi connectivity index (χ0) is 19.3. The molecule has 9 heteroatoms. The molecular formula is C16H27N3O6. The fourth-order valence-corrected chi connectivity index (χ4v) is 1.64. The van der Waals surface area contributed by atoms with Crippen LogP contribution in [0.25, 0.3) is 0 Å². The number of amides is 2. The van der Waals surface area contributed by atoms with Crippen LogP contribution in [-0.4, -0.2) is 54.4 Å². The number of ether oxygens (including phenoxy) is 3.